The molecule has 4 heteroatoms. The van der Waals surface area contributed by atoms with Gasteiger partial charge < -0.3 is 4.74 Å². The maximum Gasteiger partial charge on any atom is 0.213 e. The van der Waals surface area contributed by atoms with Gasteiger partial charge in [-0.2, -0.15) is 0 Å². The molecule has 1 rings (SSSR count). The maximum atomic E-state index is 12.4. The van der Waals surface area contributed by atoms with E-state index in [1.807, 2.05) is 0 Å². The van der Waals surface area contributed by atoms with Crippen molar-refractivity contribution in [3.63, 3.8) is 0 Å². The highest BCUT2D eigenvalue weighted by atomic mass is 35.5. The Labute approximate surface area is 82.6 Å². The van der Waals surface area contributed by atoms with Gasteiger partial charge in [0.25, 0.3) is 0 Å². The molecule has 0 aliphatic carbocycles. The zero-order chi connectivity index (χ0) is 8.97. The zero-order valence-corrected chi connectivity index (χ0v) is 8.03. The second-order valence-electron chi connectivity index (χ2n) is 2.27. The Hall–Kier alpha value is -1.09. The molecule has 2 nitrogen and oxygen atoms in total. The predicted molar refractivity (Wildman–Crippen MR) is 52.1 cm³/mol. The molecule has 0 aromatic heterocycles. The van der Waals surface area contributed by atoms with E-state index in [9.17, 15) is 4.39 Å². The summed E-state index contributed by atoms with van der Waals surface area (Å²) in [5.41, 5.74) is 0.596. The Morgan fingerprint density at radius 3 is 2.38 bits per heavy atom. The first-order valence-corrected chi connectivity index (χ1v) is 3.71. The zero-order valence-electron chi connectivity index (χ0n) is 7.21. The minimum atomic E-state index is -0.303. The Balaban J connectivity index is 0.00000144. The molecule has 13 heavy (non-hydrogen) atoms. The average Bonchev–Trinajstić information content (AvgIpc) is 2.06. The highest BCUT2D eigenvalue weighted by molar-refractivity contribution is 5.91. The summed E-state index contributed by atoms with van der Waals surface area (Å²) in [7, 11) is 0. The van der Waals surface area contributed by atoms with E-state index in [0.717, 1.165) is 0 Å². The van der Waals surface area contributed by atoms with Crippen LogP contribution in [0.3, 0.4) is 0 Å². The number of rotatable bonds is 2. The molecule has 0 bridgehead atoms. The lowest BCUT2D eigenvalue weighted by molar-refractivity contribution is 0.325. The van der Waals surface area contributed by atoms with E-state index < -0.39 is 0 Å². The van der Waals surface area contributed by atoms with E-state index in [0.29, 0.717) is 12.2 Å². The van der Waals surface area contributed by atoms with Crippen molar-refractivity contribution in [3.8, 4) is 0 Å². The van der Waals surface area contributed by atoms with Gasteiger partial charge in [0.2, 0.25) is 5.90 Å². The summed E-state index contributed by atoms with van der Waals surface area (Å²) in [6.45, 7) is 2.26. The first-order valence-electron chi connectivity index (χ1n) is 3.71. The van der Waals surface area contributed by atoms with Gasteiger partial charge in [-0.25, -0.2) is 4.39 Å². The van der Waals surface area contributed by atoms with Gasteiger partial charge in [-0.3, -0.25) is 5.41 Å². The summed E-state index contributed by atoms with van der Waals surface area (Å²) in [4.78, 5) is 0. The molecule has 0 fully saturated rings. The van der Waals surface area contributed by atoms with Crippen molar-refractivity contribution in [2.45, 2.75) is 6.92 Å². The normalized spacial score (nSPS) is 8.77. The van der Waals surface area contributed by atoms with Crippen molar-refractivity contribution < 1.29 is 9.13 Å². The Morgan fingerprint density at radius 1 is 1.38 bits per heavy atom. The van der Waals surface area contributed by atoms with E-state index in [4.69, 9.17) is 10.1 Å². The van der Waals surface area contributed by atoms with Crippen LogP contribution in [-0.4, -0.2) is 12.5 Å². The monoisotopic (exact) mass is 203 g/mol. The fraction of sp³-hybridized carbons (Fsp3) is 0.222. The van der Waals surface area contributed by atoms with Gasteiger partial charge in [0, 0.05) is 5.56 Å². The fourth-order valence-electron chi connectivity index (χ4n) is 0.829. The number of halogens is 2. The van der Waals surface area contributed by atoms with Gasteiger partial charge in [0.15, 0.2) is 0 Å². The molecule has 1 aromatic rings. The van der Waals surface area contributed by atoms with Crippen molar-refractivity contribution in [2.75, 3.05) is 6.61 Å². The lowest BCUT2D eigenvalue weighted by Crippen LogP contribution is -2.04. The molecular weight excluding hydrogens is 193 g/mol. The van der Waals surface area contributed by atoms with Crippen LogP contribution in [0.15, 0.2) is 24.3 Å². The first-order chi connectivity index (χ1) is 5.74. The fourth-order valence-corrected chi connectivity index (χ4v) is 0.829. The highest BCUT2D eigenvalue weighted by Crippen LogP contribution is 2.03. The quantitative estimate of drug-likeness (QED) is 0.582. The van der Waals surface area contributed by atoms with Gasteiger partial charge in [-0.05, 0) is 31.2 Å². The van der Waals surface area contributed by atoms with Crippen LogP contribution >= 0.6 is 12.4 Å². The third kappa shape index (κ3) is 3.42. The SMILES string of the molecule is CCOC(=N)c1ccc(F)cc1.Cl. The van der Waals surface area contributed by atoms with E-state index >= 15 is 0 Å². The number of hydrogen-bond acceptors (Lipinski definition) is 2. The minimum Gasteiger partial charge on any atom is -0.478 e. The number of nitrogens with one attached hydrogen (secondary N) is 1. The topological polar surface area (TPSA) is 33.1 Å². The molecule has 0 spiro atoms. The molecular formula is C9H11ClFNO. The molecule has 0 aliphatic heterocycles. The second-order valence-corrected chi connectivity index (χ2v) is 2.27. The van der Waals surface area contributed by atoms with Crippen molar-refractivity contribution >= 4 is 18.3 Å². The van der Waals surface area contributed by atoms with Gasteiger partial charge in [0.05, 0.1) is 6.61 Å². The third-order valence-electron chi connectivity index (χ3n) is 1.40. The molecule has 0 amide bonds. The predicted octanol–water partition coefficient (Wildman–Crippen LogP) is 2.61. The summed E-state index contributed by atoms with van der Waals surface area (Å²) in [6, 6.07) is 5.66. The van der Waals surface area contributed by atoms with Gasteiger partial charge in [-0.15, -0.1) is 12.4 Å². The van der Waals surface area contributed by atoms with E-state index in [-0.39, 0.29) is 24.1 Å². The van der Waals surface area contributed by atoms with E-state index in [2.05, 4.69) is 0 Å². The van der Waals surface area contributed by atoms with Crippen molar-refractivity contribution in [2.24, 2.45) is 0 Å². The second kappa shape index (κ2) is 5.54. The molecule has 1 N–H and O–H groups in total. The summed E-state index contributed by atoms with van der Waals surface area (Å²) < 4.78 is 17.4. The standard InChI is InChI=1S/C9H10FNO.ClH/c1-2-12-9(11)7-3-5-8(10)6-4-7;/h3-6,11H,2H2,1H3;1H. The van der Waals surface area contributed by atoms with Crippen LogP contribution in [0, 0.1) is 11.2 Å². The summed E-state index contributed by atoms with van der Waals surface area (Å²) in [6.07, 6.45) is 0. The van der Waals surface area contributed by atoms with Gasteiger partial charge >= 0.3 is 0 Å². The molecule has 0 aliphatic rings. The lowest BCUT2D eigenvalue weighted by atomic mass is 10.2. The van der Waals surface area contributed by atoms with E-state index in [1.54, 1.807) is 6.92 Å². The van der Waals surface area contributed by atoms with Crippen LogP contribution in [0.4, 0.5) is 4.39 Å². The third-order valence-corrected chi connectivity index (χ3v) is 1.40. The van der Waals surface area contributed by atoms with Crippen LogP contribution in [-0.2, 0) is 4.74 Å². The number of hydrogen-bond donors (Lipinski definition) is 1. The molecule has 0 saturated heterocycles. The number of benzene rings is 1. The Kier molecular flexibility index (Phi) is 5.07. The molecule has 0 heterocycles. The van der Waals surface area contributed by atoms with Crippen LogP contribution in [0.25, 0.3) is 0 Å². The summed E-state index contributed by atoms with van der Waals surface area (Å²) in [5, 5.41) is 7.36. The average molecular weight is 204 g/mol. The Morgan fingerprint density at radius 2 is 1.92 bits per heavy atom. The van der Waals surface area contributed by atoms with Crippen molar-refractivity contribution in [1.29, 1.82) is 5.41 Å². The highest BCUT2D eigenvalue weighted by Gasteiger charge is 2.00. The maximum absolute atomic E-state index is 12.4. The molecule has 1 aromatic carbocycles. The van der Waals surface area contributed by atoms with Crippen LogP contribution in [0.5, 0.6) is 0 Å². The van der Waals surface area contributed by atoms with Crippen LogP contribution in [0.1, 0.15) is 12.5 Å². The number of ether oxygens (including phenoxy) is 1. The van der Waals surface area contributed by atoms with Gasteiger partial charge in [0.1, 0.15) is 5.82 Å². The minimum absolute atomic E-state index is 0. The van der Waals surface area contributed by atoms with Crippen molar-refractivity contribution in [3.05, 3.63) is 35.6 Å². The summed E-state index contributed by atoms with van der Waals surface area (Å²) in [5.74, 6) is -0.222. The lowest BCUT2D eigenvalue weighted by Gasteiger charge is -2.03. The molecule has 0 saturated carbocycles. The Bertz CT molecular complexity index is 273. The molecule has 72 valence electrons. The smallest absolute Gasteiger partial charge is 0.213 e. The van der Waals surface area contributed by atoms with Gasteiger partial charge in [-0.1, -0.05) is 0 Å². The summed E-state index contributed by atoms with van der Waals surface area (Å²) >= 11 is 0. The largest absolute Gasteiger partial charge is 0.478 e. The molecule has 0 radical (unpaired) electrons. The van der Waals surface area contributed by atoms with Crippen molar-refractivity contribution in [1.82, 2.24) is 0 Å². The molecule has 0 unspecified atom stereocenters. The first kappa shape index (κ1) is 11.9. The van der Waals surface area contributed by atoms with E-state index in [1.165, 1.54) is 24.3 Å². The van der Waals surface area contributed by atoms with Crippen LogP contribution < -0.4 is 0 Å². The molecule has 0 atom stereocenters. The van der Waals surface area contributed by atoms with Crippen LogP contribution in [0.2, 0.25) is 0 Å².